The van der Waals surface area contributed by atoms with Gasteiger partial charge >= 0.3 is 0 Å². The van der Waals surface area contributed by atoms with Crippen LogP contribution in [0.25, 0.3) is 0 Å². The summed E-state index contributed by atoms with van der Waals surface area (Å²) in [4.78, 5) is 0. The van der Waals surface area contributed by atoms with Crippen LogP contribution in [0.4, 0.5) is 0 Å². The normalized spacial score (nSPS) is 12.8. The Hall–Kier alpha value is -1.76. The highest BCUT2D eigenvalue weighted by molar-refractivity contribution is 5.52. The second-order valence-corrected chi connectivity index (χ2v) is 5.71. The van der Waals surface area contributed by atoms with Gasteiger partial charge in [0.1, 0.15) is 11.5 Å². The van der Waals surface area contributed by atoms with E-state index in [1.807, 2.05) is 6.07 Å². The van der Waals surface area contributed by atoms with Gasteiger partial charge in [0.05, 0.1) is 0 Å². The molecule has 1 heterocycles. The summed E-state index contributed by atoms with van der Waals surface area (Å²) in [6.45, 7) is 4.56. The van der Waals surface area contributed by atoms with Gasteiger partial charge in [-0.05, 0) is 42.0 Å². The average Bonchev–Trinajstić information content (AvgIpc) is 2.42. The number of ether oxygens (including phenoxy) is 1. The second-order valence-electron chi connectivity index (χ2n) is 5.71. The SMILES string of the molecule is CC(C)CCc1cccc2c1Cc1ccccc1O2. The summed E-state index contributed by atoms with van der Waals surface area (Å²) in [5.41, 5.74) is 4.12. The first-order chi connectivity index (χ1) is 9.24. The van der Waals surface area contributed by atoms with Crippen LogP contribution in [-0.4, -0.2) is 0 Å². The van der Waals surface area contributed by atoms with E-state index in [1.54, 1.807) is 0 Å². The summed E-state index contributed by atoms with van der Waals surface area (Å²) in [5.74, 6) is 2.80. The highest BCUT2D eigenvalue weighted by atomic mass is 16.5. The third-order valence-electron chi connectivity index (χ3n) is 3.78. The van der Waals surface area contributed by atoms with Gasteiger partial charge in [-0.3, -0.25) is 0 Å². The van der Waals surface area contributed by atoms with Crippen LogP contribution in [0.1, 0.15) is 37.0 Å². The minimum absolute atomic E-state index is 0.743. The predicted octanol–water partition coefficient (Wildman–Crippen LogP) is 4.97. The van der Waals surface area contributed by atoms with Gasteiger partial charge in [-0.15, -0.1) is 0 Å². The van der Waals surface area contributed by atoms with E-state index >= 15 is 0 Å². The largest absolute Gasteiger partial charge is 0.457 e. The molecule has 1 aliphatic heterocycles. The van der Waals surface area contributed by atoms with Crippen molar-refractivity contribution in [2.75, 3.05) is 0 Å². The summed E-state index contributed by atoms with van der Waals surface area (Å²) in [6, 6.07) is 14.8. The third kappa shape index (κ3) is 2.51. The van der Waals surface area contributed by atoms with E-state index in [1.165, 1.54) is 23.1 Å². The maximum atomic E-state index is 6.02. The van der Waals surface area contributed by atoms with E-state index in [-0.39, 0.29) is 0 Å². The molecule has 0 spiro atoms. The van der Waals surface area contributed by atoms with Crippen molar-refractivity contribution in [2.45, 2.75) is 33.1 Å². The van der Waals surface area contributed by atoms with Crippen molar-refractivity contribution in [3.8, 4) is 11.5 Å². The topological polar surface area (TPSA) is 9.23 Å². The molecule has 1 heteroatoms. The fourth-order valence-corrected chi connectivity index (χ4v) is 2.64. The average molecular weight is 252 g/mol. The molecule has 1 aliphatic rings. The van der Waals surface area contributed by atoms with Crippen molar-refractivity contribution >= 4 is 0 Å². The van der Waals surface area contributed by atoms with Gasteiger partial charge in [-0.25, -0.2) is 0 Å². The van der Waals surface area contributed by atoms with Crippen molar-refractivity contribution in [3.63, 3.8) is 0 Å². The second kappa shape index (κ2) is 5.08. The third-order valence-corrected chi connectivity index (χ3v) is 3.78. The van der Waals surface area contributed by atoms with Gasteiger partial charge in [-0.2, -0.15) is 0 Å². The number of fused-ring (bicyclic) bond motifs is 2. The summed E-state index contributed by atoms with van der Waals surface area (Å²) in [5, 5.41) is 0. The maximum absolute atomic E-state index is 6.02. The lowest BCUT2D eigenvalue weighted by Gasteiger charge is -2.22. The van der Waals surface area contributed by atoms with Crippen LogP contribution < -0.4 is 4.74 Å². The number of hydrogen-bond acceptors (Lipinski definition) is 1. The fraction of sp³-hybridized carbons (Fsp3) is 0.333. The molecule has 0 aromatic heterocycles. The van der Waals surface area contributed by atoms with Gasteiger partial charge in [0.15, 0.2) is 0 Å². The molecule has 2 aromatic rings. The highest BCUT2D eigenvalue weighted by Gasteiger charge is 2.18. The molecular formula is C18H20O. The molecule has 0 atom stereocenters. The van der Waals surface area contributed by atoms with Crippen LogP contribution in [0.5, 0.6) is 11.5 Å². The molecule has 0 N–H and O–H groups in total. The van der Waals surface area contributed by atoms with E-state index in [4.69, 9.17) is 4.74 Å². The Morgan fingerprint density at radius 2 is 1.79 bits per heavy atom. The lowest BCUT2D eigenvalue weighted by atomic mass is 9.92. The van der Waals surface area contributed by atoms with Crippen molar-refractivity contribution in [3.05, 3.63) is 59.2 Å². The van der Waals surface area contributed by atoms with Crippen LogP contribution in [0.3, 0.4) is 0 Å². The maximum Gasteiger partial charge on any atom is 0.131 e. The lowest BCUT2D eigenvalue weighted by Crippen LogP contribution is -2.06. The van der Waals surface area contributed by atoms with E-state index < -0.39 is 0 Å². The van der Waals surface area contributed by atoms with Crippen LogP contribution in [0, 0.1) is 5.92 Å². The Balaban J connectivity index is 1.92. The zero-order valence-electron chi connectivity index (χ0n) is 11.6. The molecule has 1 nitrogen and oxygen atoms in total. The number of aryl methyl sites for hydroxylation is 1. The number of hydrogen-bond donors (Lipinski definition) is 0. The van der Waals surface area contributed by atoms with Gasteiger partial charge in [-0.1, -0.05) is 44.2 Å². The van der Waals surface area contributed by atoms with E-state index in [0.717, 1.165) is 30.3 Å². The number of benzene rings is 2. The Morgan fingerprint density at radius 1 is 1.00 bits per heavy atom. The van der Waals surface area contributed by atoms with E-state index in [9.17, 15) is 0 Å². The quantitative estimate of drug-likeness (QED) is 0.639. The zero-order chi connectivity index (χ0) is 13.2. The number of para-hydroxylation sites is 1. The van der Waals surface area contributed by atoms with Gasteiger partial charge in [0.2, 0.25) is 0 Å². The molecule has 0 unspecified atom stereocenters. The number of rotatable bonds is 3. The molecule has 3 rings (SSSR count). The first-order valence-corrected chi connectivity index (χ1v) is 7.10. The minimum atomic E-state index is 0.743. The summed E-state index contributed by atoms with van der Waals surface area (Å²) in [7, 11) is 0. The Kier molecular flexibility index (Phi) is 3.29. The summed E-state index contributed by atoms with van der Waals surface area (Å²) >= 11 is 0. The van der Waals surface area contributed by atoms with Crippen LogP contribution in [-0.2, 0) is 12.8 Å². The molecule has 0 fully saturated rings. The molecule has 0 aliphatic carbocycles. The predicted molar refractivity (Wildman–Crippen MR) is 78.9 cm³/mol. The Labute approximate surface area is 115 Å². The molecule has 19 heavy (non-hydrogen) atoms. The first kappa shape index (κ1) is 12.3. The van der Waals surface area contributed by atoms with E-state index in [2.05, 4.69) is 50.2 Å². The molecule has 0 bridgehead atoms. The van der Waals surface area contributed by atoms with Gasteiger partial charge < -0.3 is 4.74 Å². The summed E-state index contributed by atoms with van der Waals surface area (Å²) in [6.07, 6.45) is 3.38. The minimum Gasteiger partial charge on any atom is -0.457 e. The highest BCUT2D eigenvalue weighted by Crippen LogP contribution is 2.38. The first-order valence-electron chi connectivity index (χ1n) is 7.10. The Bertz CT molecular complexity index is 584. The molecule has 0 saturated heterocycles. The zero-order valence-corrected chi connectivity index (χ0v) is 11.6. The lowest BCUT2D eigenvalue weighted by molar-refractivity contribution is 0.457. The summed E-state index contributed by atoms with van der Waals surface area (Å²) < 4.78 is 6.02. The molecule has 0 amide bonds. The molecule has 0 radical (unpaired) electrons. The van der Waals surface area contributed by atoms with Crippen molar-refractivity contribution < 1.29 is 4.74 Å². The van der Waals surface area contributed by atoms with Crippen LogP contribution in [0.15, 0.2) is 42.5 Å². The van der Waals surface area contributed by atoms with Crippen molar-refractivity contribution in [2.24, 2.45) is 5.92 Å². The molecule has 0 saturated carbocycles. The molecule has 98 valence electrons. The molecule has 2 aromatic carbocycles. The molecular weight excluding hydrogens is 232 g/mol. The monoisotopic (exact) mass is 252 g/mol. The van der Waals surface area contributed by atoms with Crippen LogP contribution >= 0.6 is 0 Å². The van der Waals surface area contributed by atoms with Crippen LogP contribution in [0.2, 0.25) is 0 Å². The smallest absolute Gasteiger partial charge is 0.131 e. The Morgan fingerprint density at radius 3 is 2.63 bits per heavy atom. The van der Waals surface area contributed by atoms with Crippen molar-refractivity contribution in [1.29, 1.82) is 0 Å². The standard InChI is InChI=1S/C18H20O/c1-13(2)10-11-14-7-5-9-18-16(14)12-15-6-3-4-8-17(15)19-18/h3-9,13H,10-12H2,1-2H3. The van der Waals surface area contributed by atoms with E-state index in [0.29, 0.717) is 0 Å². The fourth-order valence-electron chi connectivity index (χ4n) is 2.64. The van der Waals surface area contributed by atoms with Gasteiger partial charge in [0.25, 0.3) is 0 Å². The van der Waals surface area contributed by atoms with Gasteiger partial charge in [0, 0.05) is 12.0 Å². The van der Waals surface area contributed by atoms with Crippen molar-refractivity contribution in [1.82, 2.24) is 0 Å².